The molecule has 4 heterocycles. The number of carbonyl (C=O) groups excluding carboxylic acids is 3. The minimum atomic E-state index is -0.420. The molecule has 0 saturated carbocycles. The number of hydrogen-bond acceptors (Lipinski definition) is 8. The van der Waals surface area contributed by atoms with Crippen LogP contribution in [0, 0.1) is 0 Å². The normalized spacial score (nSPS) is 20.8. The number of ether oxygens (including phenoxy) is 2. The van der Waals surface area contributed by atoms with Gasteiger partial charge in [0.25, 0.3) is 17.7 Å². The SMILES string of the molecule is CN1N=C(C(=O)N2CCOCC2)/C(=C/C=C/c2c(C(=O)N3CCOCC3)nn(C)c2O)C1=O. The van der Waals surface area contributed by atoms with E-state index in [1.54, 1.807) is 9.80 Å². The van der Waals surface area contributed by atoms with Crippen molar-refractivity contribution < 1.29 is 29.0 Å². The van der Waals surface area contributed by atoms with Gasteiger partial charge in [0.2, 0.25) is 5.88 Å². The van der Waals surface area contributed by atoms with Crippen molar-refractivity contribution in [2.45, 2.75) is 0 Å². The molecule has 0 aromatic carbocycles. The fraction of sp³-hybridized carbons (Fsp3) is 0.476. The quantitative estimate of drug-likeness (QED) is 0.586. The number of likely N-dealkylation sites (N-methyl/N-ethyl adjacent to an activating group) is 1. The van der Waals surface area contributed by atoms with Gasteiger partial charge in [-0.05, 0) is 12.2 Å². The van der Waals surface area contributed by atoms with Gasteiger partial charge in [-0.2, -0.15) is 10.2 Å². The summed E-state index contributed by atoms with van der Waals surface area (Å²) in [6.45, 7) is 3.48. The Morgan fingerprint density at radius 1 is 0.970 bits per heavy atom. The van der Waals surface area contributed by atoms with E-state index >= 15 is 0 Å². The van der Waals surface area contributed by atoms with Crippen molar-refractivity contribution in [3.05, 3.63) is 29.0 Å². The van der Waals surface area contributed by atoms with Gasteiger partial charge in [0.05, 0.1) is 37.6 Å². The maximum absolute atomic E-state index is 12.9. The van der Waals surface area contributed by atoms with Crippen molar-refractivity contribution in [1.82, 2.24) is 24.6 Å². The predicted octanol–water partition coefficient (Wildman–Crippen LogP) is -0.775. The third-order valence-electron chi connectivity index (χ3n) is 5.61. The molecule has 0 atom stereocenters. The minimum Gasteiger partial charge on any atom is -0.493 e. The van der Waals surface area contributed by atoms with Crippen molar-refractivity contribution in [1.29, 1.82) is 0 Å². The lowest BCUT2D eigenvalue weighted by Crippen LogP contribution is -2.44. The Morgan fingerprint density at radius 3 is 2.15 bits per heavy atom. The maximum Gasteiger partial charge on any atom is 0.276 e. The van der Waals surface area contributed by atoms with E-state index in [2.05, 4.69) is 10.2 Å². The first-order valence-corrected chi connectivity index (χ1v) is 10.6. The fourth-order valence-corrected chi connectivity index (χ4v) is 3.75. The van der Waals surface area contributed by atoms with Crippen LogP contribution in [0.4, 0.5) is 0 Å². The Kier molecular flexibility index (Phi) is 6.56. The zero-order valence-corrected chi connectivity index (χ0v) is 18.6. The van der Waals surface area contributed by atoms with Crippen molar-refractivity contribution in [3.8, 4) is 5.88 Å². The van der Waals surface area contributed by atoms with Crippen molar-refractivity contribution >= 4 is 29.5 Å². The number of allylic oxidation sites excluding steroid dienone is 2. The van der Waals surface area contributed by atoms with E-state index in [9.17, 15) is 19.5 Å². The average Bonchev–Trinajstić information content (AvgIpc) is 3.29. The van der Waals surface area contributed by atoms with Crippen LogP contribution in [0.2, 0.25) is 0 Å². The molecule has 0 unspecified atom stereocenters. The molecule has 0 aliphatic carbocycles. The lowest BCUT2D eigenvalue weighted by Gasteiger charge is -2.26. The molecule has 2 fully saturated rings. The third-order valence-corrected chi connectivity index (χ3v) is 5.61. The molecule has 0 radical (unpaired) electrons. The number of aromatic nitrogens is 2. The highest BCUT2D eigenvalue weighted by molar-refractivity contribution is 6.52. The van der Waals surface area contributed by atoms with Crippen LogP contribution < -0.4 is 0 Å². The number of hydrogen-bond donors (Lipinski definition) is 1. The molecule has 0 spiro atoms. The third kappa shape index (κ3) is 4.52. The van der Waals surface area contributed by atoms with Crippen LogP contribution in [0.15, 0.2) is 22.8 Å². The Morgan fingerprint density at radius 2 is 1.55 bits per heavy atom. The fourth-order valence-electron chi connectivity index (χ4n) is 3.75. The van der Waals surface area contributed by atoms with Crippen LogP contribution in [0.3, 0.4) is 0 Å². The summed E-state index contributed by atoms with van der Waals surface area (Å²) in [7, 11) is 3.01. The first-order valence-electron chi connectivity index (χ1n) is 10.6. The number of carbonyl (C=O) groups is 3. The maximum atomic E-state index is 12.9. The summed E-state index contributed by atoms with van der Waals surface area (Å²) >= 11 is 0. The van der Waals surface area contributed by atoms with E-state index < -0.39 is 5.91 Å². The van der Waals surface area contributed by atoms with Gasteiger partial charge in [-0.3, -0.25) is 14.4 Å². The summed E-state index contributed by atoms with van der Waals surface area (Å²) < 4.78 is 11.8. The van der Waals surface area contributed by atoms with E-state index in [-0.39, 0.29) is 40.2 Å². The zero-order valence-electron chi connectivity index (χ0n) is 18.6. The van der Waals surface area contributed by atoms with Gasteiger partial charge in [0.15, 0.2) is 11.4 Å². The van der Waals surface area contributed by atoms with Gasteiger partial charge in [-0.15, -0.1) is 0 Å². The van der Waals surface area contributed by atoms with Crippen LogP contribution in [-0.4, -0.2) is 113 Å². The second-order valence-corrected chi connectivity index (χ2v) is 7.74. The molecule has 0 bridgehead atoms. The van der Waals surface area contributed by atoms with E-state index in [1.165, 1.54) is 37.0 Å². The van der Waals surface area contributed by atoms with Crippen LogP contribution >= 0.6 is 0 Å². The number of amides is 3. The average molecular weight is 458 g/mol. The first kappa shape index (κ1) is 22.7. The first-order chi connectivity index (χ1) is 15.9. The second kappa shape index (κ2) is 9.55. The van der Waals surface area contributed by atoms with E-state index in [0.29, 0.717) is 52.6 Å². The molecular formula is C21H26N6O6. The lowest BCUT2D eigenvalue weighted by molar-refractivity contribution is -0.128. The monoisotopic (exact) mass is 458 g/mol. The summed E-state index contributed by atoms with van der Waals surface area (Å²) in [5.74, 6) is -1.27. The molecule has 2 saturated heterocycles. The van der Waals surface area contributed by atoms with Crippen molar-refractivity contribution in [2.24, 2.45) is 12.1 Å². The molecule has 3 amide bonds. The Bertz CT molecular complexity index is 1050. The van der Waals surface area contributed by atoms with Gasteiger partial charge in [0.1, 0.15) is 0 Å². The summed E-state index contributed by atoms with van der Waals surface area (Å²) in [6, 6.07) is 0. The number of aromatic hydroxyl groups is 1. The Balaban J connectivity index is 1.58. The second-order valence-electron chi connectivity index (χ2n) is 7.74. The van der Waals surface area contributed by atoms with Crippen LogP contribution in [0.5, 0.6) is 5.88 Å². The largest absolute Gasteiger partial charge is 0.493 e. The number of rotatable bonds is 4. The summed E-state index contributed by atoms with van der Waals surface area (Å²) in [5, 5.41) is 19.8. The van der Waals surface area contributed by atoms with Crippen LogP contribution in [-0.2, 0) is 26.1 Å². The highest BCUT2D eigenvalue weighted by atomic mass is 16.5. The zero-order chi connectivity index (χ0) is 23.5. The number of nitrogens with zero attached hydrogens (tertiary/aromatic N) is 6. The van der Waals surface area contributed by atoms with E-state index in [1.807, 2.05) is 0 Å². The molecule has 3 aliphatic heterocycles. The Labute approximate surface area is 190 Å². The molecule has 12 heteroatoms. The summed E-state index contributed by atoms with van der Waals surface area (Å²) in [6.07, 6.45) is 4.45. The van der Waals surface area contributed by atoms with Crippen molar-refractivity contribution in [3.63, 3.8) is 0 Å². The molecule has 1 N–H and O–H groups in total. The van der Waals surface area contributed by atoms with Gasteiger partial charge in [-0.25, -0.2) is 9.69 Å². The van der Waals surface area contributed by atoms with Gasteiger partial charge in [-0.1, -0.05) is 6.08 Å². The molecule has 1 aromatic heterocycles. The lowest BCUT2D eigenvalue weighted by atomic mass is 10.1. The van der Waals surface area contributed by atoms with E-state index in [0.717, 1.165) is 5.01 Å². The molecule has 12 nitrogen and oxygen atoms in total. The number of hydrazone groups is 1. The standard InChI is InChI=1S/C21H26N6O6/c1-24-18(28)14(16(22-24)20(30)26-6-10-32-11-7-26)4-3-5-15-17(23-25(2)19(15)29)21(31)27-8-12-33-13-9-27/h3-5,28H,6-13H2,1-2H3/b4-3+,15-5-. The van der Waals surface area contributed by atoms with Crippen LogP contribution in [0.25, 0.3) is 6.08 Å². The molecule has 33 heavy (non-hydrogen) atoms. The molecule has 1 aromatic rings. The number of morpholine rings is 2. The Hall–Kier alpha value is -3.51. The molecule has 176 valence electrons. The van der Waals surface area contributed by atoms with Gasteiger partial charge in [0, 0.05) is 40.3 Å². The molecule has 3 aliphatic rings. The summed E-state index contributed by atoms with van der Waals surface area (Å²) in [5.41, 5.74) is 0.506. The smallest absolute Gasteiger partial charge is 0.276 e. The van der Waals surface area contributed by atoms with Gasteiger partial charge >= 0.3 is 0 Å². The molecular weight excluding hydrogens is 432 g/mol. The van der Waals surface area contributed by atoms with Crippen LogP contribution in [0.1, 0.15) is 16.1 Å². The van der Waals surface area contributed by atoms with Gasteiger partial charge < -0.3 is 24.4 Å². The topological polar surface area (TPSA) is 130 Å². The van der Waals surface area contributed by atoms with Crippen molar-refractivity contribution in [2.75, 3.05) is 59.7 Å². The highest BCUT2D eigenvalue weighted by Crippen LogP contribution is 2.24. The predicted molar refractivity (Wildman–Crippen MR) is 116 cm³/mol. The molecule has 4 rings (SSSR count). The highest BCUT2D eigenvalue weighted by Gasteiger charge is 2.34. The number of aryl methyl sites for hydroxylation is 1. The summed E-state index contributed by atoms with van der Waals surface area (Å²) in [4.78, 5) is 41.6. The van der Waals surface area contributed by atoms with E-state index in [4.69, 9.17) is 9.47 Å². The minimum absolute atomic E-state index is 0.0501.